The maximum absolute atomic E-state index is 12.3. The topological polar surface area (TPSA) is 113 Å². The predicted octanol–water partition coefficient (Wildman–Crippen LogP) is 2.56. The summed E-state index contributed by atoms with van der Waals surface area (Å²) in [5.74, 6) is 1.29. The highest BCUT2D eigenvalue weighted by atomic mass is 32.2. The average Bonchev–Trinajstić information content (AvgIpc) is 3.15. The number of nitrogens with zero attached hydrogens (tertiary/aromatic N) is 2. The zero-order chi connectivity index (χ0) is 19.4. The minimum Gasteiger partial charge on any atom is -0.493 e. The van der Waals surface area contributed by atoms with Crippen LogP contribution in [0, 0.1) is 0 Å². The van der Waals surface area contributed by atoms with Crippen molar-refractivity contribution in [1.29, 1.82) is 0 Å². The van der Waals surface area contributed by atoms with Crippen molar-refractivity contribution < 1.29 is 27.0 Å². The smallest absolute Gasteiger partial charge is 0.330 e. The summed E-state index contributed by atoms with van der Waals surface area (Å²) in [6.07, 6.45) is 0. The second-order valence-electron chi connectivity index (χ2n) is 5.24. The molecule has 2 aromatic carbocycles. The summed E-state index contributed by atoms with van der Waals surface area (Å²) in [6.45, 7) is 0. The van der Waals surface area contributed by atoms with Crippen molar-refractivity contribution in [2.45, 2.75) is 4.90 Å². The fourth-order valence-corrected chi connectivity index (χ4v) is 3.30. The standard InChI is InChI=1S/C17H17N3O6S/c1-23-13-9-11(10-14(24-2)15(13)25-3)16-18-19-17(26-16)20-27(21,22)12-7-5-4-6-8-12/h4-10H,1-3H3,(H,19,20). The van der Waals surface area contributed by atoms with Crippen molar-refractivity contribution in [3.8, 4) is 28.7 Å². The van der Waals surface area contributed by atoms with Crippen LogP contribution in [0.5, 0.6) is 17.2 Å². The summed E-state index contributed by atoms with van der Waals surface area (Å²) < 4.78 is 48.2. The van der Waals surface area contributed by atoms with Crippen LogP contribution in [0.2, 0.25) is 0 Å². The van der Waals surface area contributed by atoms with Gasteiger partial charge in [0.15, 0.2) is 11.5 Å². The van der Waals surface area contributed by atoms with Crippen molar-refractivity contribution >= 4 is 16.0 Å². The molecule has 3 aromatic rings. The van der Waals surface area contributed by atoms with E-state index in [0.717, 1.165) is 0 Å². The lowest BCUT2D eigenvalue weighted by Gasteiger charge is -2.12. The van der Waals surface area contributed by atoms with E-state index in [0.29, 0.717) is 22.8 Å². The third-order valence-corrected chi connectivity index (χ3v) is 4.95. The van der Waals surface area contributed by atoms with Gasteiger partial charge in [0.1, 0.15) is 0 Å². The van der Waals surface area contributed by atoms with Gasteiger partial charge in [0.2, 0.25) is 11.6 Å². The Hall–Kier alpha value is -3.27. The van der Waals surface area contributed by atoms with Crippen molar-refractivity contribution in [1.82, 2.24) is 10.2 Å². The van der Waals surface area contributed by atoms with Crippen LogP contribution in [0.25, 0.3) is 11.5 Å². The average molecular weight is 391 g/mol. The first-order valence-corrected chi connectivity index (χ1v) is 9.18. The summed E-state index contributed by atoms with van der Waals surface area (Å²) in [6, 6.07) is 10.8. The van der Waals surface area contributed by atoms with E-state index in [-0.39, 0.29) is 16.8 Å². The number of nitrogens with one attached hydrogen (secondary N) is 1. The Morgan fingerprint density at radius 3 is 2.11 bits per heavy atom. The fourth-order valence-electron chi connectivity index (χ4n) is 2.36. The lowest BCUT2D eigenvalue weighted by atomic mass is 10.2. The summed E-state index contributed by atoms with van der Waals surface area (Å²) in [5.41, 5.74) is 0.474. The van der Waals surface area contributed by atoms with Crippen LogP contribution in [0.1, 0.15) is 0 Å². The molecule has 0 fully saturated rings. The molecule has 0 atom stereocenters. The molecule has 27 heavy (non-hydrogen) atoms. The minimum atomic E-state index is -3.83. The van der Waals surface area contributed by atoms with Gasteiger partial charge in [-0.25, -0.2) is 13.1 Å². The third-order valence-electron chi connectivity index (χ3n) is 3.61. The van der Waals surface area contributed by atoms with E-state index in [1.807, 2.05) is 0 Å². The Balaban J connectivity index is 1.92. The molecule has 0 bridgehead atoms. The number of methoxy groups -OCH3 is 3. The lowest BCUT2D eigenvalue weighted by Crippen LogP contribution is -2.12. The van der Waals surface area contributed by atoms with Gasteiger partial charge in [-0.1, -0.05) is 23.3 Å². The largest absolute Gasteiger partial charge is 0.493 e. The summed E-state index contributed by atoms with van der Waals surface area (Å²) in [5, 5.41) is 7.61. The number of hydrogen-bond donors (Lipinski definition) is 1. The fraction of sp³-hybridized carbons (Fsp3) is 0.176. The van der Waals surface area contributed by atoms with Crippen molar-refractivity contribution in [3.63, 3.8) is 0 Å². The molecule has 0 radical (unpaired) electrons. The van der Waals surface area contributed by atoms with Gasteiger partial charge in [-0.05, 0) is 24.3 Å². The number of ether oxygens (including phenoxy) is 3. The molecule has 0 aliphatic rings. The lowest BCUT2D eigenvalue weighted by molar-refractivity contribution is 0.324. The van der Waals surface area contributed by atoms with Gasteiger partial charge in [-0.3, -0.25) is 0 Å². The SMILES string of the molecule is COc1cc(-c2nnc(NS(=O)(=O)c3ccccc3)o2)cc(OC)c1OC. The molecule has 9 nitrogen and oxygen atoms in total. The molecule has 0 saturated heterocycles. The summed E-state index contributed by atoms with van der Waals surface area (Å²) >= 11 is 0. The number of rotatable bonds is 7. The molecule has 0 amide bonds. The minimum absolute atomic E-state index is 0.0811. The van der Waals surface area contributed by atoms with E-state index in [9.17, 15) is 8.42 Å². The number of sulfonamides is 1. The molecule has 0 aliphatic carbocycles. The number of benzene rings is 2. The molecule has 10 heteroatoms. The van der Waals surface area contributed by atoms with Gasteiger partial charge in [-0.2, -0.15) is 0 Å². The summed E-state index contributed by atoms with van der Waals surface area (Å²) in [7, 11) is 0.616. The molecule has 0 aliphatic heterocycles. The van der Waals surface area contributed by atoms with Gasteiger partial charge < -0.3 is 18.6 Å². The Morgan fingerprint density at radius 1 is 0.926 bits per heavy atom. The monoisotopic (exact) mass is 391 g/mol. The molecule has 0 unspecified atom stereocenters. The van der Waals surface area contributed by atoms with E-state index >= 15 is 0 Å². The molecular formula is C17H17N3O6S. The second kappa shape index (κ2) is 7.54. The third kappa shape index (κ3) is 3.80. The van der Waals surface area contributed by atoms with E-state index in [4.69, 9.17) is 18.6 Å². The highest BCUT2D eigenvalue weighted by Gasteiger charge is 2.20. The first-order chi connectivity index (χ1) is 13.0. The van der Waals surface area contributed by atoms with Crippen molar-refractivity contribution in [2.75, 3.05) is 26.1 Å². The molecule has 142 valence electrons. The van der Waals surface area contributed by atoms with Gasteiger partial charge >= 0.3 is 6.01 Å². The molecule has 0 saturated carbocycles. The molecule has 1 N–H and O–H groups in total. The predicted molar refractivity (Wildman–Crippen MR) is 96.6 cm³/mol. The van der Waals surface area contributed by atoms with Crippen molar-refractivity contribution in [2.24, 2.45) is 0 Å². The maximum atomic E-state index is 12.3. The van der Waals surface area contributed by atoms with Gasteiger partial charge in [0.25, 0.3) is 10.0 Å². The van der Waals surface area contributed by atoms with Crippen LogP contribution in [0.15, 0.2) is 51.8 Å². The van der Waals surface area contributed by atoms with Crippen molar-refractivity contribution in [3.05, 3.63) is 42.5 Å². The zero-order valence-corrected chi connectivity index (χ0v) is 15.6. The Kier molecular flexibility index (Phi) is 5.17. The Labute approximate surface area is 155 Å². The van der Waals surface area contributed by atoms with E-state index in [1.165, 1.54) is 33.5 Å². The summed E-state index contributed by atoms with van der Waals surface area (Å²) in [4.78, 5) is 0.0811. The number of anilines is 1. The molecule has 1 aromatic heterocycles. The van der Waals surface area contributed by atoms with E-state index in [2.05, 4.69) is 14.9 Å². The molecule has 3 rings (SSSR count). The number of aromatic nitrogens is 2. The quantitative estimate of drug-likeness (QED) is 0.654. The normalized spacial score (nSPS) is 11.1. The molecule has 0 spiro atoms. The number of hydrogen-bond acceptors (Lipinski definition) is 8. The first-order valence-electron chi connectivity index (χ1n) is 7.70. The van der Waals surface area contributed by atoms with E-state index < -0.39 is 10.0 Å². The zero-order valence-electron chi connectivity index (χ0n) is 14.8. The van der Waals surface area contributed by atoms with E-state index in [1.54, 1.807) is 30.3 Å². The van der Waals surface area contributed by atoms with Gasteiger partial charge in [0, 0.05) is 5.56 Å². The van der Waals surface area contributed by atoms with Crippen LogP contribution in [-0.2, 0) is 10.0 Å². The van der Waals surface area contributed by atoms with Gasteiger partial charge in [-0.15, -0.1) is 5.10 Å². The second-order valence-corrected chi connectivity index (χ2v) is 6.93. The van der Waals surface area contributed by atoms with Crippen LogP contribution in [0.3, 0.4) is 0 Å². The first kappa shape index (κ1) is 18.5. The van der Waals surface area contributed by atoms with Gasteiger partial charge in [0.05, 0.1) is 26.2 Å². The highest BCUT2D eigenvalue weighted by Crippen LogP contribution is 2.41. The Morgan fingerprint density at radius 2 is 1.56 bits per heavy atom. The van der Waals surface area contributed by atoms with Crippen LogP contribution in [-0.4, -0.2) is 39.9 Å². The Bertz CT molecular complexity index is 1010. The maximum Gasteiger partial charge on any atom is 0.330 e. The molecular weight excluding hydrogens is 374 g/mol. The van der Waals surface area contributed by atoms with Crippen LogP contribution >= 0.6 is 0 Å². The highest BCUT2D eigenvalue weighted by molar-refractivity contribution is 7.92. The van der Waals surface area contributed by atoms with Crippen LogP contribution in [0.4, 0.5) is 6.01 Å². The van der Waals surface area contributed by atoms with Crippen LogP contribution < -0.4 is 18.9 Å². The molecule has 1 heterocycles.